The Morgan fingerprint density at radius 1 is 1.00 bits per heavy atom. The van der Waals surface area contributed by atoms with E-state index >= 15 is 0 Å². The molecular weight excluding hydrogens is 472 g/mol. The van der Waals surface area contributed by atoms with Crippen molar-refractivity contribution in [1.29, 1.82) is 0 Å². The summed E-state index contributed by atoms with van der Waals surface area (Å²) < 4.78 is 5.86. The maximum absolute atomic E-state index is 13.2. The van der Waals surface area contributed by atoms with E-state index in [1.165, 1.54) is 26.7 Å². The minimum Gasteiger partial charge on any atom is -0.354 e. The number of anilines is 1. The molecule has 2 aromatic rings. The first kappa shape index (κ1) is 24.3. The van der Waals surface area contributed by atoms with Gasteiger partial charge in [0, 0.05) is 38.1 Å². The number of carbonyl (C=O) groups excluding carboxylic acids is 2. The Hall–Kier alpha value is -2.03. The van der Waals surface area contributed by atoms with Crippen LogP contribution >= 0.6 is 11.5 Å². The van der Waals surface area contributed by atoms with Gasteiger partial charge in [-0.05, 0) is 86.4 Å². The molecule has 3 saturated carbocycles. The zero-order valence-corrected chi connectivity index (χ0v) is 22.0. The summed E-state index contributed by atoms with van der Waals surface area (Å²) in [5, 5.41) is 13.5. The van der Waals surface area contributed by atoms with Gasteiger partial charge in [0.05, 0.1) is 16.5 Å². The largest absolute Gasteiger partial charge is 0.354 e. The van der Waals surface area contributed by atoms with Crippen molar-refractivity contribution in [2.24, 2.45) is 35.5 Å². The molecule has 1 saturated heterocycles. The van der Waals surface area contributed by atoms with E-state index < -0.39 is 0 Å². The summed E-state index contributed by atoms with van der Waals surface area (Å²) in [6.07, 6.45) is 7.69. The summed E-state index contributed by atoms with van der Waals surface area (Å²) in [5.74, 6) is 2.60. The lowest BCUT2D eigenvalue weighted by Crippen LogP contribution is -2.43. The topological polar surface area (TPSA) is 77.0 Å². The lowest BCUT2D eigenvalue weighted by atomic mass is 9.78. The minimum absolute atomic E-state index is 0.0329. The molecule has 3 unspecified atom stereocenters. The van der Waals surface area contributed by atoms with Crippen molar-refractivity contribution in [2.75, 3.05) is 37.6 Å². The van der Waals surface area contributed by atoms with Crippen LogP contribution in [0, 0.1) is 35.5 Å². The quantitative estimate of drug-likeness (QED) is 0.391. The summed E-state index contributed by atoms with van der Waals surface area (Å²) in [4.78, 5) is 30.3. The van der Waals surface area contributed by atoms with E-state index in [2.05, 4.69) is 28.3 Å². The van der Waals surface area contributed by atoms with E-state index in [0.29, 0.717) is 43.9 Å². The molecule has 0 radical (unpaired) electrons. The molecule has 4 aliphatic rings. The van der Waals surface area contributed by atoms with Crippen LogP contribution < -0.4 is 4.90 Å². The Morgan fingerprint density at radius 3 is 2.42 bits per heavy atom. The molecule has 36 heavy (non-hydrogen) atoms. The Balaban J connectivity index is 1.07. The number of aromatic nitrogens is 1. The molecule has 2 amide bonds. The second-order valence-electron chi connectivity index (χ2n) is 11.5. The molecule has 1 N–H and O–H groups in total. The van der Waals surface area contributed by atoms with Crippen LogP contribution in [0.1, 0.15) is 51.9 Å². The van der Waals surface area contributed by atoms with Crippen molar-refractivity contribution in [3.63, 3.8) is 0 Å². The minimum atomic E-state index is -0.0329. The first-order chi connectivity index (χ1) is 17.5. The molecule has 3 aliphatic carbocycles. The molecule has 6 rings (SSSR count). The predicted octanol–water partition coefficient (Wildman–Crippen LogP) is 4.65. The van der Waals surface area contributed by atoms with Crippen molar-refractivity contribution in [1.82, 2.24) is 14.3 Å². The van der Waals surface area contributed by atoms with Crippen molar-refractivity contribution >= 4 is 39.3 Å². The second-order valence-corrected chi connectivity index (χ2v) is 12.3. The van der Waals surface area contributed by atoms with Gasteiger partial charge in [-0.2, -0.15) is 9.44 Å². The molecule has 194 valence electrons. The standard InChI is InChI=1S/C28H38N4O3S/c1-2-30(26-22-9-5-6-10-23(22)36-29-26)13-14-31(35)16-20-7-3-4-8-21(20)17-32-27(33)24-18-11-12-19(15-18)25(24)28(32)34/h5-6,9-10,18-21,24-25,35H,2-4,7-8,11-17H2,1H3/t18-,19+,20-,21?,24?,25?/m0/s1. The van der Waals surface area contributed by atoms with Gasteiger partial charge in [0.25, 0.3) is 0 Å². The summed E-state index contributed by atoms with van der Waals surface area (Å²) in [7, 11) is 0. The van der Waals surface area contributed by atoms with Crippen molar-refractivity contribution in [3.8, 4) is 0 Å². The molecule has 8 heteroatoms. The zero-order chi connectivity index (χ0) is 24.8. The van der Waals surface area contributed by atoms with Gasteiger partial charge in [-0.1, -0.05) is 25.0 Å². The summed E-state index contributed by atoms with van der Waals surface area (Å²) in [6, 6.07) is 8.29. The molecule has 1 aliphatic heterocycles. The van der Waals surface area contributed by atoms with E-state index in [-0.39, 0.29) is 29.6 Å². The molecule has 0 spiro atoms. The summed E-state index contributed by atoms with van der Waals surface area (Å²) >= 11 is 1.52. The summed E-state index contributed by atoms with van der Waals surface area (Å²) in [5.41, 5.74) is 0. The number of benzene rings is 1. The third kappa shape index (κ3) is 4.25. The number of hydrogen-bond acceptors (Lipinski definition) is 7. The Kier molecular flexibility index (Phi) is 6.77. The fourth-order valence-corrected chi connectivity index (χ4v) is 8.56. The van der Waals surface area contributed by atoms with Gasteiger partial charge in [-0.25, -0.2) is 0 Å². The van der Waals surface area contributed by atoms with Crippen LogP contribution in [0.3, 0.4) is 0 Å². The van der Waals surface area contributed by atoms with Gasteiger partial charge in [0.1, 0.15) is 5.82 Å². The van der Waals surface area contributed by atoms with E-state index in [1.54, 1.807) is 4.90 Å². The molecular formula is C28H38N4O3S. The van der Waals surface area contributed by atoms with Gasteiger partial charge >= 0.3 is 0 Å². The number of carbonyl (C=O) groups is 2. The number of hydroxylamine groups is 2. The van der Waals surface area contributed by atoms with Gasteiger partial charge < -0.3 is 10.1 Å². The number of likely N-dealkylation sites (tertiary alicyclic amines) is 1. The lowest BCUT2D eigenvalue weighted by Gasteiger charge is -2.36. The van der Waals surface area contributed by atoms with Gasteiger partial charge in [0.15, 0.2) is 0 Å². The number of amides is 2. The van der Waals surface area contributed by atoms with Crippen LogP contribution in [0.25, 0.3) is 10.1 Å². The van der Waals surface area contributed by atoms with Crippen molar-refractivity contribution < 1.29 is 14.8 Å². The lowest BCUT2D eigenvalue weighted by molar-refractivity contribution is -0.142. The highest BCUT2D eigenvalue weighted by Crippen LogP contribution is 2.56. The van der Waals surface area contributed by atoms with Gasteiger partial charge in [-0.15, -0.1) is 0 Å². The first-order valence-corrected chi connectivity index (χ1v) is 14.7. The van der Waals surface area contributed by atoms with Crippen LogP contribution in [0.15, 0.2) is 24.3 Å². The Labute approximate surface area is 217 Å². The van der Waals surface area contributed by atoms with Gasteiger partial charge in [0.2, 0.25) is 11.8 Å². The predicted molar refractivity (Wildman–Crippen MR) is 141 cm³/mol. The van der Waals surface area contributed by atoms with E-state index in [0.717, 1.165) is 57.3 Å². The fraction of sp³-hybridized carbons (Fsp3) is 0.679. The zero-order valence-electron chi connectivity index (χ0n) is 21.2. The monoisotopic (exact) mass is 510 g/mol. The van der Waals surface area contributed by atoms with Crippen LogP contribution in [-0.2, 0) is 9.59 Å². The maximum atomic E-state index is 13.2. The average molecular weight is 511 g/mol. The third-order valence-electron chi connectivity index (χ3n) is 9.62. The van der Waals surface area contributed by atoms with Gasteiger partial charge in [-0.3, -0.25) is 14.5 Å². The third-order valence-corrected chi connectivity index (χ3v) is 10.4. The number of hydrogen-bond donors (Lipinski definition) is 1. The number of likely N-dealkylation sites (N-methyl/N-ethyl adjacent to an activating group) is 1. The van der Waals surface area contributed by atoms with E-state index in [1.807, 2.05) is 12.1 Å². The van der Waals surface area contributed by atoms with E-state index in [9.17, 15) is 14.8 Å². The van der Waals surface area contributed by atoms with E-state index in [4.69, 9.17) is 0 Å². The number of rotatable bonds is 9. The smallest absolute Gasteiger partial charge is 0.233 e. The Bertz CT molecular complexity index is 1090. The SMILES string of the molecule is CCN(CCN(O)C[C@@H]1CCCCC1CN1C(=O)C2C(C1=O)[C@H]1CC[C@@H]2C1)c1nsc2ccccc12. The normalized spacial score (nSPS) is 31.7. The number of fused-ring (bicyclic) bond motifs is 6. The Morgan fingerprint density at radius 2 is 1.69 bits per heavy atom. The maximum Gasteiger partial charge on any atom is 0.233 e. The van der Waals surface area contributed by atoms with Crippen molar-refractivity contribution in [2.45, 2.75) is 51.9 Å². The molecule has 7 nitrogen and oxygen atoms in total. The van der Waals surface area contributed by atoms with Crippen LogP contribution in [0.4, 0.5) is 5.82 Å². The second kappa shape index (κ2) is 10.0. The molecule has 2 bridgehead atoms. The summed E-state index contributed by atoms with van der Waals surface area (Å²) in [6.45, 7) is 5.34. The van der Waals surface area contributed by atoms with Crippen molar-refractivity contribution in [3.05, 3.63) is 24.3 Å². The van der Waals surface area contributed by atoms with Crippen LogP contribution in [-0.4, -0.2) is 64.1 Å². The molecule has 4 fully saturated rings. The highest BCUT2D eigenvalue weighted by molar-refractivity contribution is 7.13. The highest BCUT2D eigenvalue weighted by Gasteiger charge is 2.61. The average Bonchev–Trinajstić information content (AvgIpc) is 3.66. The first-order valence-electron chi connectivity index (χ1n) is 13.9. The van der Waals surface area contributed by atoms with Crippen LogP contribution in [0.5, 0.6) is 0 Å². The van der Waals surface area contributed by atoms with Crippen LogP contribution in [0.2, 0.25) is 0 Å². The number of imide groups is 1. The molecule has 1 aromatic carbocycles. The number of nitrogens with zero attached hydrogens (tertiary/aromatic N) is 4. The molecule has 1 aromatic heterocycles. The highest BCUT2D eigenvalue weighted by atomic mass is 32.1. The molecule has 2 heterocycles. The fourth-order valence-electron chi connectivity index (χ4n) is 7.76. The molecule has 6 atom stereocenters.